The molecule has 0 spiro atoms. The van der Waals surface area contributed by atoms with E-state index < -0.39 is 0 Å². The van der Waals surface area contributed by atoms with Crippen LogP contribution in [0.2, 0.25) is 0 Å². The van der Waals surface area contributed by atoms with Crippen LogP contribution in [0.3, 0.4) is 0 Å². The fourth-order valence-corrected chi connectivity index (χ4v) is 2.00. The molecule has 0 amide bonds. The molecule has 6 nitrogen and oxygen atoms in total. The van der Waals surface area contributed by atoms with Crippen molar-refractivity contribution in [3.05, 3.63) is 11.7 Å². The molecule has 1 fully saturated rings. The minimum absolute atomic E-state index is 0.299. The number of hydrogen-bond acceptors (Lipinski definition) is 6. The summed E-state index contributed by atoms with van der Waals surface area (Å²) in [6.07, 6.45) is 2.41. The molecule has 2 rings (SSSR count). The van der Waals surface area contributed by atoms with Gasteiger partial charge in [-0.2, -0.15) is 4.98 Å². The summed E-state index contributed by atoms with van der Waals surface area (Å²) >= 11 is 0. The Morgan fingerprint density at radius 1 is 1.53 bits per heavy atom. The van der Waals surface area contributed by atoms with Crippen LogP contribution in [0.5, 0.6) is 0 Å². The summed E-state index contributed by atoms with van der Waals surface area (Å²) in [5.41, 5.74) is 5.44. The van der Waals surface area contributed by atoms with Crippen LogP contribution in [-0.2, 0) is 17.8 Å². The van der Waals surface area contributed by atoms with Gasteiger partial charge in [-0.05, 0) is 12.8 Å². The van der Waals surface area contributed by atoms with Crippen molar-refractivity contribution in [1.29, 1.82) is 0 Å². The van der Waals surface area contributed by atoms with Crippen LogP contribution in [0.1, 0.15) is 31.5 Å². The summed E-state index contributed by atoms with van der Waals surface area (Å²) in [6, 6.07) is 0. The highest BCUT2D eigenvalue weighted by molar-refractivity contribution is 4.86. The minimum atomic E-state index is 0.299. The Morgan fingerprint density at radius 3 is 3.12 bits per heavy atom. The fourth-order valence-electron chi connectivity index (χ4n) is 2.00. The summed E-state index contributed by atoms with van der Waals surface area (Å²) in [5.74, 6) is 1.21. The highest BCUT2D eigenvalue weighted by atomic mass is 16.5. The van der Waals surface area contributed by atoms with Crippen molar-refractivity contribution in [3.63, 3.8) is 0 Å². The molecule has 1 aliphatic heterocycles. The average molecular weight is 240 g/mol. The molecule has 1 aromatic heterocycles. The van der Waals surface area contributed by atoms with E-state index >= 15 is 0 Å². The van der Waals surface area contributed by atoms with Crippen LogP contribution in [0.4, 0.5) is 0 Å². The van der Waals surface area contributed by atoms with Gasteiger partial charge in [-0.3, -0.25) is 4.90 Å². The van der Waals surface area contributed by atoms with Gasteiger partial charge in [0, 0.05) is 19.7 Å². The largest absolute Gasteiger partial charge is 0.377 e. The molecule has 0 radical (unpaired) electrons. The van der Waals surface area contributed by atoms with Gasteiger partial charge in [0.15, 0.2) is 5.82 Å². The summed E-state index contributed by atoms with van der Waals surface area (Å²) in [7, 11) is 0. The number of ether oxygens (including phenoxy) is 1. The maximum atomic E-state index is 5.72. The van der Waals surface area contributed by atoms with Gasteiger partial charge in [-0.15, -0.1) is 0 Å². The van der Waals surface area contributed by atoms with Gasteiger partial charge in [0.2, 0.25) is 5.89 Å². The molecule has 6 heteroatoms. The second kappa shape index (κ2) is 6.09. The van der Waals surface area contributed by atoms with Gasteiger partial charge < -0.3 is 15.0 Å². The first-order chi connectivity index (χ1) is 8.31. The molecule has 1 saturated heterocycles. The van der Waals surface area contributed by atoms with E-state index in [1.807, 2.05) is 0 Å². The van der Waals surface area contributed by atoms with Gasteiger partial charge in [0.1, 0.15) is 0 Å². The van der Waals surface area contributed by atoms with Gasteiger partial charge in [0.05, 0.1) is 19.2 Å². The predicted molar refractivity (Wildman–Crippen MR) is 62.1 cm³/mol. The van der Waals surface area contributed by atoms with Crippen LogP contribution < -0.4 is 5.73 Å². The normalized spacial score (nSPS) is 22.6. The lowest BCUT2D eigenvalue weighted by atomic mass is 10.2. The Hall–Kier alpha value is -0.980. The third kappa shape index (κ3) is 3.49. The van der Waals surface area contributed by atoms with E-state index in [-0.39, 0.29) is 0 Å². The van der Waals surface area contributed by atoms with E-state index in [1.165, 1.54) is 0 Å². The summed E-state index contributed by atoms with van der Waals surface area (Å²) in [6.45, 7) is 5.95. The summed E-state index contributed by atoms with van der Waals surface area (Å²) in [5, 5.41) is 3.91. The first kappa shape index (κ1) is 12.5. The van der Waals surface area contributed by atoms with Crippen molar-refractivity contribution in [2.45, 2.75) is 39.0 Å². The quantitative estimate of drug-likeness (QED) is 0.827. The smallest absolute Gasteiger partial charge is 0.240 e. The number of hydrogen-bond donors (Lipinski definition) is 1. The number of rotatable bonds is 4. The van der Waals surface area contributed by atoms with Gasteiger partial charge in [0.25, 0.3) is 0 Å². The Balaban J connectivity index is 1.92. The van der Waals surface area contributed by atoms with Crippen molar-refractivity contribution < 1.29 is 9.26 Å². The molecule has 1 atom stereocenters. The van der Waals surface area contributed by atoms with Crippen LogP contribution in [0.15, 0.2) is 4.52 Å². The maximum Gasteiger partial charge on any atom is 0.240 e. The van der Waals surface area contributed by atoms with E-state index in [2.05, 4.69) is 22.0 Å². The zero-order valence-electron chi connectivity index (χ0n) is 10.3. The molecule has 96 valence electrons. The summed E-state index contributed by atoms with van der Waals surface area (Å²) < 4.78 is 10.7. The molecular formula is C11H20N4O2. The van der Waals surface area contributed by atoms with E-state index in [0.717, 1.165) is 32.5 Å². The third-order valence-corrected chi connectivity index (χ3v) is 2.94. The standard InChI is InChI=1S/C11H20N4O2/c1-2-9-7-15(4-3-5-16-9)8-10-13-11(6-12)17-14-10/h9H,2-8,12H2,1H3. The molecule has 0 aromatic carbocycles. The zero-order valence-corrected chi connectivity index (χ0v) is 10.3. The highest BCUT2D eigenvalue weighted by Gasteiger charge is 2.19. The van der Waals surface area contributed by atoms with Gasteiger partial charge in [-0.1, -0.05) is 12.1 Å². The number of aromatic nitrogens is 2. The lowest BCUT2D eigenvalue weighted by Gasteiger charge is -2.21. The first-order valence-electron chi connectivity index (χ1n) is 6.17. The molecule has 0 bridgehead atoms. The molecule has 17 heavy (non-hydrogen) atoms. The Bertz CT molecular complexity index is 342. The Labute approximate surface area is 101 Å². The molecule has 1 aliphatic rings. The lowest BCUT2D eigenvalue weighted by molar-refractivity contribution is 0.0506. The van der Waals surface area contributed by atoms with Crippen molar-refractivity contribution in [2.75, 3.05) is 19.7 Å². The first-order valence-corrected chi connectivity index (χ1v) is 6.17. The minimum Gasteiger partial charge on any atom is -0.377 e. The second-order valence-corrected chi connectivity index (χ2v) is 4.30. The van der Waals surface area contributed by atoms with Crippen LogP contribution >= 0.6 is 0 Å². The SMILES string of the molecule is CCC1CN(Cc2noc(CN)n2)CCCO1. The predicted octanol–water partition coefficient (Wildman–Crippen LogP) is 0.529. The average Bonchev–Trinajstić information content (AvgIpc) is 2.67. The van der Waals surface area contributed by atoms with Crippen LogP contribution in [0.25, 0.3) is 0 Å². The molecule has 1 aromatic rings. The lowest BCUT2D eigenvalue weighted by Crippen LogP contribution is -2.31. The van der Waals surface area contributed by atoms with Gasteiger partial charge in [-0.25, -0.2) is 0 Å². The van der Waals surface area contributed by atoms with E-state index in [9.17, 15) is 0 Å². The summed E-state index contributed by atoms with van der Waals surface area (Å²) in [4.78, 5) is 6.53. The molecule has 2 N–H and O–H groups in total. The third-order valence-electron chi connectivity index (χ3n) is 2.94. The molecule has 0 saturated carbocycles. The van der Waals surface area contributed by atoms with E-state index in [1.54, 1.807) is 0 Å². The van der Waals surface area contributed by atoms with Crippen LogP contribution in [-0.4, -0.2) is 40.8 Å². The topological polar surface area (TPSA) is 77.4 Å². The fraction of sp³-hybridized carbons (Fsp3) is 0.818. The van der Waals surface area contributed by atoms with Gasteiger partial charge >= 0.3 is 0 Å². The van der Waals surface area contributed by atoms with Crippen molar-refractivity contribution in [3.8, 4) is 0 Å². The second-order valence-electron chi connectivity index (χ2n) is 4.30. The highest BCUT2D eigenvalue weighted by Crippen LogP contribution is 2.11. The Morgan fingerprint density at radius 2 is 2.41 bits per heavy atom. The van der Waals surface area contributed by atoms with Crippen molar-refractivity contribution in [1.82, 2.24) is 15.0 Å². The van der Waals surface area contributed by atoms with Crippen molar-refractivity contribution in [2.24, 2.45) is 5.73 Å². The van der Waals surface area contributed by atoms with Crippen molar-refractivity contribution >= 4 is 0 Å². The molecular weight excluding hydrogens is 220 g/mol. The van der Waals surface area contributed by atoms with E-state index in [0.29, 0.717) is 30.9 Å². The molecule has 1 unspecified atom stereocenters. The van der Waals surface area contributed by atoms with E-state index in [4.69, 9.17) is 15.0 Å². The number of nitrogens with two attached hydrogens (primary N) is 1. The zero-order chi connectivity index (χ0) is 12.1. The molecule has 0 aliphatic carbocycles. The monoisotopic (exact) mass is 240 g/mol. The maximum absolute atomic E-state index is 5.72. The Kier molecular flexibility index (Phi) is 4.47. The number of nitrogens with zero attached hydrogens (tertiary/aromatic N) is 3. The molecule has 2 heterocycles. The van der Waals surface area contributed by atoms with Crippen LogP contribution in [0, 0.1) is 0 Å².